The van der Waals surface area contributed by atoms with Crippen molar-refractivity contribution in [3.05, 3.63) is 12.2 Å². The molecular weight excluding hydrogens is 765 g/mol. The number of carbonyl (C=O) groups excluding carboxylic acids is 2. The highest BCUT2D eigenvalue weighted by atomic mass is 16.6. The van der Waals surface area contributed by atoms with Crippen LogP contribution < -0.4 is 0 Å². The van der Waals surface area contributed by atoms with Crippen LogP contribution >= 0.6 is 0 Å². The molecule has 0 aliphatic rings. The fourth-order valence-electron chi connectivity index (χ4n) is 8.79. The first kappa shape index (κ1) is 60.6. The van der Waals surface area contributed by atoms with Crippen LogP contribution in [0.1, 0.15) is 322 Å². The monoisotopic (exact) mass is 875 g/mol. The summed E-state index contributed by atoms with van der Waals surface area (Å²) < 4.78 is 10.7. The minimum atomic E-state index is -0.766. The van der Waals surface area contributed by atoms with Crippen LogP contribution in [0.25, 0.3) is 0 Å². The van der Waals surface area contributed by atoms with Gasteiger partial charge < -0.3 is 14.6 Å². The lowest BCUT2D eigenvalue weighted by Gasteiger charge is -2.15. The van der Waals surface area contributed by atoms with Crippen molar-refractivity contribution in [3.63, 3.8) is 0 Å². The summed E-state index contributed by atoms with van der Waals surface area (Å²) in [5.74, 6) is -0.568. The topological polar surface area (TPSA) is 72.8 Å². The largest absolute Gasteiger partial charge is 0.462 e. The van der Waals surface area contributed by atoms with E-state index in [-0.39, 0.29) is 25.2 Å². The number of esters is 2. The van der Waals surface area contributed by atoms with Gasteiger partial charge in [0.15, 0.2) is 6.10 Å². The van der Waals surface area contributed by atoms with Crippen molar-refractivity contribution in [3.8, 4) is 0 Å². The number of hydrogen-bond donors (Lipinski definition) is 1. The maximum atomic E-state index is 12.3. The minimum absolute atomic E-state index is 0.0580. The maximum absolute atomic E-state index is 12.3. The Labute approximate surface area is 388 Å². The van der Waals surface area contributed by atoms with Crippen LogP contribution in [0, 0.1) is 0 Å². The van der Waals surface area contributed by atoms with E-state index in [1.807, 2.05) is 0 Å². The van der Waals surface area contributed by atoms with Gasteiger partial charge in [-0.15, -0.1) is 0 Å². The molecule has 0 radical (unpaired) electrons. The lowest BCUT2D eigenvalue weighted by atomic mass is 10.0. The minimum Gasteiger partial charge on any atom is -0.462 e. The number of rotatable bonds is 53. The molecule has 0 spiro atoms. The number of ether oxygens (including phenoxy) is 2. The molecular formula is C57H110O5. The summed E-state index contributed by atoms with van der Waals surface area (Å²) >= 11 is 0. The summed E-state index contributed by atoms with van der Waals surface area (Å²) in [5.41, 5.74) is 0. The number of carbonyl (C=O) groups is 2. The fourth-order valence-corrected chi connectivity index (χ4v) is 8.79. The predicted molar refractivity (Wildman–Crippen MR) is 270 cm³/mol. The summed E-state index contributed by atoms with van der Waals surface area (Å²) in [6, 6.07) is 0. The van der Waals surface area contributed by atoms with E-state index in [4.69, 9.17) is 9.47 Å². The molecule has 1 unspecified atom stereocenters. The molecule has 0 amide bonds. The number of allylic oxidation sites excluding steroid dienone is 2. The lowest BCUT2D eigenvalue weighted by Crippen LogP contribution is -2.28. The van der Waals surface area contributed by atoms with Crippen molar-refractivity contribution in [1.29, 1.82) is 0 Å². The summed E-state index contributed by atoms with van der Waals surface area (Å²) in [6.45, 7) is 4.20. The van der Waals surface area contributed by atoms with Crippen molar-refractivity contribution < 1.29 is 24.2 Å². The van der Waals surface area contributed by atoms with Gasteiger partial charge in [0, 0.05) is 12.8 Å². The second-order valence-corrected chi connectivity index (χ2v) is 19.4. The zero-order chi connectivity index (χ0) is 44.9. The number of unbranched alkanes of at least 4 members (excludes halogenated alkanes) is 43. The second kappa shape index (κ2) is 54.0. The molecule has 0 aliphatic heterocycles. The van der Waals surface area contributed by atoms with Crippen LogP contribution in [0.4, 0.5) is 0 Å². The third-order valence-electron chi connectivity index (χ3n) is 13.1. The standard InChI is InChI=1S/C57H110O5/c1-3-5-7-9-11-13-15-17-19-21-23-25-27-28-30-32-34-36-38-40-42-44-46-48-50-52-57(60)62-55(53-58)54-61-56(59)51-49-47-45-43-41-39-37-35-33-31-29-26-24-22-20-18-16-14-12-10-8-6-4-2/h21,23,55,58H,3-20,22,24-54H2,1-2H3/b23-21-. The molecule has 5 nitrogen and oxygen atoms in total. The van der Waals surface area contributed by atoms with Gasteiger partial charge in [0.25, 0.3) is 0 Å². The Kier molecular flexibility index (Phi) is 52.8. The highest BCUT2D eigenvalue weighted by Gasteiger charge is 2.16. The highest BCUT2D eigenvalue weighted by Crippen LogP contribution is 2.18. The zero-order valence-corrected chi connectivity index (χ0v) is 42.2. The van der Waals surface area contributed by atoms with Gasteiger partial charge in [0.05, 0.1) is 6.61 Å². The fraction of sp³-hybridized carbons (Fsp3) is 0.930. The van der Waals surface area contributed by atoms with E-state index < -0.39 is 6.10 Å². The molecule has 0 bridgehead atoms. The van der Waals surface area contributed by atoms with Crippen LogP contribution in [0.2, 0.25) is 0 Å². The van der Waals surface area contributed by atoms with Gasteiger partial charge in [-0.25, -0.2) is 0 Å². The molecule has 0 heterocycles. The van der Waals surface area contributed by atoms with Crippen LogP contribution in [0.3, 0.4) is 0 Å². The van der Waals surface area contributed by atoms with E-state index in [0.717, 1.165) is 32.1 Å². The van der Waals surface area contributed by atoms with Crippen LogP contribution in [0.15, 0.2) is 12.2 Å². The van der Waals surface area contributed by atoms with E-state index in [1.54, 1.807) is 0 Å². The van der Waals surface area contributed by atoms with E-state index in [2.05, 4.69) is 26.0 Å². The molecule has 1 N–H and O–H groups in total. The average molecular weight is 876 g/mol. The molecule has 0 fully saturated rings. The first-order valence-electron chi connectivity index (χ1n) is 28.2. The molecule has 5 heteroatoms. The van der Waals surface area contributed by atoms with Crippen LogP contribution in [-0.4, -0.2) is 36.4 Å². The Hall–Kier alpha value is -1.36. The summed E-state index contributed by atoms with van der Waals surface area (Å²) in [7, 11) is 0. The van der Waals surface area contributed by atoms with Gasteiger partial charge in [-0.05, 0) is 38.5 Å². The molecule has 0 saturated heterocycles. The third kappa shape index (κ3) is 51.3. The predicted octanol–water partition coefficient (Wildman–Crippen LogP) is 18.8. The first-order valence-corrected chi connectivity index (χ1v) is 28.2. The number of hydrogen-bond acceptors (Lipinski definition) is 5. The summed E-state index contributed by atoms with van der Waals surface area (Å²) in [4.78, 5) is 24.5. The molecule has 0 aromatic rings. The summed E-state index contributed by atoms with van der Waals surface area (Å²) in [5, 5.41) is 9.65. The Morgan fingerprint density at radius 2 is 0.597 bits per heavy atom. The zero-order valence-electron chi connectivity index (χ0n) is 42.2. The summed E-state index contributed by atoms with van der Waals surface area (Å²) in [6.07, 6.45) is 66.2. The van der Waals surface area contributed by atoms with Crippen molar-refractivity contribution in [2.24, 2.45) is 0 Å². The van der Waals surface area contributed by atoms with Gasteiger partial charge >= 0.3 is 11.9 Å². The molecule has 62 heavy (non-hydrogen) atoms. The van der Waals surface area contributed by atoms with Crippen molar-refractivity contribution in [2.75, 3.05) is 13.2 Å². The first-order chi connectivity index (χ1) is 30.6. The molecule has 0 saturated carbocycles. The van der Waals surface area contributed by atoms with E-state index in [0.29, 0.717) is 12.8 Å². The normalized spacial score (nSPS) is 12.1. The molecule has 1 atom stereocenters. The molecule has 0 aliphatic carbocycles. The SMILES string of the molecule is CCCCCCCCCC/C=C\CCCCCCCCCCCCCCCC(=O)OC(CO)COC(=O)CCCCCCCCCCCCCCCCCCCCCCCCC. The molecule has 0 aromatic heterocycles. The van der Waals surface area contributed by atoms with Crippen LogP contribution in [-0.2, 0) is 19.1 Å². The number of aliphatic hydroxyl groups is 1. The smallest absolute Gasteiger partial charge is 0.306 e. The molecule has 0 aromatic carbocycles. The Morgan fingerprint density at radius 1 is 0.355 bits per heavy atom. The third-order valence-corrected chi connectivity index (χ3v) is 13.1. The lowest BCUT2D eigenvalue weighted by molar-refractivity contribution is -0.161. The van der Waals surface area contributed by atoms with Gasteiger partial charge in [-0.3, -0.25) is 9.59 Å². The Morgan fingerprint density at radius 3 is 0.871 bits per heavy atom. The van der Waals surface area contributed by atoms with Crippen LogP contribution in [0.5, 0.6) is 0 Å². The van der Waals surface area contributed by atoms with Crippen molar-refractivity contribution in [2.45, 2.75) is 328 Å². The van der Waals surface area contributed by atoms with Gasteiger partial charge in [0.1, 0.15) is 6.61 Å². The average Bonchev–Trinajstić information content (AvgIpc) is 3.28. The highest BCUT2D eigenvalue weighted by molar-refractivity contribution is 5.70. The van der Waals surface area contributed by atoms with Crippen molar-refractivity contribution >= 4 is 11.9 Å². The number of aliphatic hydroxyl groups excluding tert-OH is 1. The quantitative estimate of drug-likeness (QED) is 0.0374. The van der Waals surface area contributed by atoms with Gasteiger partial charge in [-0.1, -0.05) is 283 Å². The second-order valence-electron chi connectivity index (χ2n) is 19.4. The molecule has 368 valence electrons. The van der Waals surface area contributed by atoms with Gasteiger partial charge in [-0.2, -0.15) is 0 Å². The van der Waals surface area contributed by atoms with Crippen molar-refractivity contribution in [1.82, 2.24) is 0 Å². The van der Waals surface area contributed by atoms with E-state index >= 15 is 0 Å². The Balaban J connectivity index is 3.42. The Bertz CT molecular complexity index is 902. The van der Waals surface area contributed by atoms with Gasteiger partial charge in [0.2, 0.25) is 0 Å². The van der Waals surface area contributed by atoms with E-state index in [1.165, 1.54) is 263 Å². The maximum Gasteiger partial charge on any atom is 0.306 e. The molecule has 0 rings (SSSR count). The van der Waals surface area contributed by atoms with E-state index in [9.17, 15) is 14.7 Å².